The third-order valence-electron chi connectivity index (χ3n) is 14.5. The quantitative estimate of drug-likeness (QED) is 0.0321. The SMILES string of the molecule is CCC(=O)c1cc(Cl)nc(Cl)c1.CCC1(c2cc(Cl)nc(Cl)c2)OCCO1.CCC1(c2cc(Cl)nc(OC)c2)OCCO1.CCC1(c2cc(Cl)nc(OC)c2C=O)OCCO1.CCC1(c2cc(Cl)nc(OC)c2CO)OCCO1.O=C(O)c1cc(Cl)nc(Cl)c1.O=C(O)c1cc(O)[nH]c(=O)c1. The number of nitrogens with one attached hydrogen (secondary N) is 1. The molecular weight excluding hydrogens is 1520 g/mol. The number of carboxylic acids is 2. The molecular formula is C65H70Cl9N7O20. The standard InChI is InChI=1S/C12H16ClNO4.C12H14ClNO4.C11H14ClNO3.C10H11Cl2NO2.C8H7Cl2NO.C6H3Cl2NO2.C6H5NO4/c2*1-3-12(17-4-5-18-12)9-6-10(13)14-11(16-2)8(9)7-15;1-3-11(15-4-5-16-11)8-6-9(12)13-10(7-8)14-2;1-2-10(14-3-4-15-10)7-5-8(11)13-9(12)6-7;1-2-6(12)5-3-7(9)11-8(10)4-5;7-4-1-3(6(10)11)2-5(8)9-4;8-4-1-3(6(10)11)2-5(9)7-4/h6,15H,3-5,7H2,1-2H3;6-7H,3-5H2,1-2H3;6-7H,3-5H2,1-2H3;5-6H,2-4H2,1H3;3-4H,2H2,1H3;1-2H,(H,10,11);1-2H,(H,10,11)(H2,7,8,9). The second kappa shape index (κ2) is 40.6. The van der Waals surface area contributed by atoms with Gasteiger partial charge in [-0.05, 0) is 54.6 Å². The zero-order chi connectivity index (χ0) is 74.8. The molecule has 11 heterocycles. The van der Waals surface area contributed by atoms with E-state index < -0.39 is 46.5 Å². The van der Waals surface area contributed by atoms with Gasteiger partial charge < -0.3 is 72.5 Å². The number of carboxylic acid groups (broad SMARTS) is 2. The molecule has 0 unspecified atom stereocenters. The molecule has 4 fully saturated rings. The van der Waals surface area contributed by atoms with Crippen LogP contribution in [0.4, 0.5) is 0 Å². The lowest BCUT2D eigenvalue weighted by molar-refractivity contribution is -0.168. The van der Waals surface area contributed by atoms with Gasteiger partial charge in [0.1, 0.15) is 46.4 Å². The maximum Gasteiger partial charge on any atom is 0.336 e. The molecule has 7 aromatic rings. The van der Waals surface area contributed by atoms with E-state index in [2.05, 4.69) is 29.9 Å². The second-order valence-corrected chi connectivity index (χ2v) is 24.1. The molecule has 27 nitrogen and oxygen atoms in total. The van der Waals surface area contributed by atoms with Crippen LogP contribution in [0.5, 0.6) is 23.5 Å². The van der Waals surface area contributed by atoms with Gasteiger partial charge in [-0.2, -0.15) is 0 Å². The Morgan fingerprint density at radius 2 is 0.812 bits per heavy atom. The van der Waals surface area contributed by atoms with Crippen molar-refractivity contribution in [3.63, 3.8) is 0 Å². The van der Waals surface area contributed by atoms with E-state index in [4.69, 9.17) is 172 Å². The fourth-order valence-electron chi connectivity index (χ4n) is 9.89. The number of aliphatic hydroxyl groups excluding tert-OH is 1. The third-order valence-corrected chi connectivity index (χ3v) is 16.3. The number of H-pyrrole nitrogens is 1. The molecule has 0 aliphatic carbocycles. The minimum absolute atomic E-state index is 0.0150. The molecule has 0 amide bonds. The van der Waals surface area contributed by atoms with E-state index in [1.165, 1.54) is 38.5 Å². The molecule has 0 atom stereocenters. The first-order valence-electron chi connectivity index (χ1n) is 30.3. The third kappa shape index (κ3) is 23.8. The minimum Gasteiger partial charge on any atom is -0.494 e. The summed E-state index contributed by atoms with van der Waals surface area (Å²) < 4.78 is 60.6. The predicted molar refractivity (Wildman–Crippen MR) is 374 cm³/mol. The lowest BCUT2D eigenvalue weighted by Gasteiger charge is -2.28. The van der Waals surface area contributed by atoms with Crippen molar-refractivity contribution in [1.29, 1.82) is 0 Å². The highest BCUT2D eigenvalue weighted by Gasteiger charge is 2.42. The van der Waals surface area contributed by atoms with Crippen molar-refractivity contribution in [3.05, 3.63) is 180 Å². The highest BCUT2D eigenvalue weighted by atomic mass is 35.5. The van der Waals surface area contributed by atoms with Crippen LogP contribution in [0.3, 0.4) is 0 Å². The average molecular weight is 1590 g/mol. The normalized spacial score (nSPS) is 15.5. The van der Waals surface area contributed by atoms with E-state index in [0.29, 0.717) is 140 Å². The minimum atomic E-state index is -1.24. The molecule has 5 N–H and O–H groups in total. The zero-order valence-electron chi connectivity index (χ0n) is 55.3. The van der Waals surface area contributed by atoms with Gasteiger partial charge in [0.25, 0.3) is 5.56 Å². The maximum absolute atomic E-state index is 11.3. The molecule has 0 spiro atoms. The lowest BCUT2D eigenvalue weighted by atomic mass is 9.99. The van der Waals surface area contributed by atoms with E-state index in [1.807, 2.05) is 32.7 Å². The van der Waals surface area contributed by atoms with Crippen molar-refractivity contribution in [2.45, 2.75) is 96.5 Å². The van der Waals surface area contributed by atoms with Crippen molar-refractivity contribution in [1.82, 2.24) is 34.9 Å². The zero-order valence-corrected chi connectivity index (χ0v) is 62.1. The van der Waals surface area contributed by atoms with Crippen LogP contribution in [0.25, 0.3) is 0 Å². The Labute approximate surface area is 624 Å². The first-order valence-corrected chi connectivity index (χ1v) is 33.7. The first-order chi connectivity index (χ1) is 48.0. The summed E-state index contributed by atoms with van der Waals surface area (Å²) in [5.74, 6) is -5.00. The number of aromatic hydroxyl groups is 1. The number of Topliss-reactive ketones (excluding diaryl/α,β-unsaturated/α-hetero) is 1. The number of aliphatic hydroxyl groups is 1. The number of aromatic nitrogens is 7. The molecule has 0 bridgehead atoms. The number of aromatic amines is 1. The summed E-state index contributed by atoms with van der Waals surface area (Å²) in [5.41, 5.74) is 3.47. The molecule has 0 saturated carbocycles. The number of pyridine rings is 7. The summed E-state index contributed by atoms with van der Waals surface area (Å²) in [6.45, 7) is 13.8. The molecule has 548 valence electrons. The van der Waals surface area contributed by atoms with Crippen LogP contribution in [0.1, 0.15) is 136 Å². The Morgan fingerprint density at radius 3 is 1.18 bits per heavy atom. The van der Waals surface area contributed by atoms with Gasteiger partial charge in [0.05, 0.1) is 97.5 Å². The first kappa shape index (κ1) is 85.2. The Balaban J connectivity index is 0.000000214. The summed E-state index contributed by atoms with van der Waals surface area (Å²) >= 11 is 51.6. The number of nitrogens with zero attached hydrogens (tertiary/aromatic N) is 6. The summed E-state index contributed by atoms with van der Waals surface area (Å²) in [7, 11) is 4.47. The van der Waals surface area contributed by atoms with Crippen molar-refractivity contribution in [2.75, 3.05) is 74.2 Å². The number of hydrogen-bond acceptors (Lipinski definition) is 24. The van der Waals surface area contributed by atoms with Gasteiger partial charge in [-0.1, -0.05) is 139 Å². The number of methoxy groups -OCH3 is 3. The summed E-state index contributed by atoms with van der Waals surface area (Å²) in [4.78, 5) is 78.8. The van der Waals surface area contributed by atoms with E-state index in [-0.39, 0.29) is 60.3 Å². The maximum atomic E-state index is 11.3. The number of aldehydes is 1. The van der Waals surface area contributed by atoms with E-state index in [1.54, 1.807) is 50.4 Å². The Bertz CT molecular complexity index is 3950. The molecule has 36 heteroatoms. The molecule has 0 aromatic carbocycles. The Morgan fingerprint density at radius 1 is 0.465 bits per heavy atom. The van der Waals surface area contributed by atoms with Crippen molar-refractivity contribution in [2.24, 2.45) is 0 Å². The summed E-state index contributed by atoms with van der Waals surface area (Å²) in [6.07, 6.45) is 3.73. The van der Waals surface area contributed by atoms with Gasteiger partial charge >= 0.3 is 11.9 Å². The Hall–Kier alpha value is -6.42. The van der Waals surface area contributed by atoms with Crippen LogP contribution in [-0.2, 0) is 67.7 Å². The largest absolute Gasteiger partial charge is 0.494 e. The van der Waals surface area contributed by atoms with E-state index in [9.17, 15) is 29.1 Å². The van der Waals surface area contributed by atoms with Crippen molar-refractivity contribution in [3.8, 4) is 23.5 Å². The van der Waals surface area contributed by atoms with Crippen LogP contribution in [0.15, 0.2) is 77.6 Å². The fourth-order valence-corrected chi connectivity index (χ4v) is 11.8. The van der Waals surface area contributed by atoms with Crippen molar-refractivity contribution < 1.29 is 91.7 Å². The van der Waals surface area contributed by atoms with Crippen LogP contribution in [0.2, 0.25) is 46.4 Å². The molecule has 0 radical (unpaired) electrons. The highest BCUT2D eigenvalue weighted by Crippen LogP contribution is 2.43. The number of rotatable bonds is 17. The van der Waals surface area contributed by atoms with Crippen LogP contribution < -0.4 is 19.8 Å². The topological polar surface area (TPSA) is 361 Å². The summed E-state index contributed by atoms with van der Waals surface area (Å²) in [6, 6.07) is 17.6. The van der Waals surface area contributed by atoms with Crippen LogP contribution in [-0.4, -0.2) is 154 Å². The number of hydrogen-bond donors (Lipinski definition) is 5. The number of halogens is 9. The van der Waals surface area contributed by atoms with Gasteiger partial charge in [-0.25, -0.2) is 39.5 Å². The van der Waals surface area contributed by atoms with Gasteiger partial charge in [0.15, 0.2) is 41.1 Å². The molecule has 4 aliphatic rings. The predicted octanol–water partition coefficient (Wildman–Crippen LogP) is 14.2. The molecule has 7 aromatic heterocycles. The number of ether oxygens (including phenoxy) is 11. The van der Waals surface area contributed by atoms with Gasteiger partial charge in [0.2, 0.25) is 17.6 Å². The molecule has 11 rings (SSSR count). The number of aromatic carboxylic acids is 2. The van der Waals surface area contributed by atoms with E-state index in [0.717, 1.165) is 29.7 Å². The second-order valence-electron chi connectivity index (χ2n) is 20.6. The number of carbonyl (C=O) groups excluding carboxylic acids is 2. The Kier molecular flexibility index (Phi) is 34.2. The van der Waals surface area contributed by atoms with Crippen molar-refractivity contribution >= 4 is 128 Å². The molecule has 4 saturated heterocycles. The van der Waals surface area contributed by atoms with Gasteiger partial charge in [0, 0.05) is 83.7 Å². The molecule has 101 heavy (non-hydrogen) atoms. The fraction of sp³-hybridized carbons (Fsp3) is 0.400. The lowest BCUT2D eigenvalue weighted by Crippen LogP contribution is -2.28. The van der Waals surface area contributed by atoms with Gasteiger partial charge in [-0.3, -0.25) is 19.4 Å². The van der Waals surface area contributed by atoms with Gasteiger partial charge in [-0.15, -0.1) is 0 Å². The monoisotopic (exact) mass is 1580 g/mol. The summed E-state index contributed by atoms with van der Waals surface area (Å²) in [5, 5.41) is 37.4. The van der Waals surface area contributed by atoms with Crippen LogP contribution in [0, 0.1) is 0 Å². The number of carbonyl (C=O) groups is 4. The van der Waals surface area contributed by atoms with E-state index >= 15 is 0 Å². The van der Waals surface area contributed by atoms with Crippen LogP contribution >= 0.6 is 104 Å². The molecule has 4 aliphatic heterocycles. The highest BCUT2D eigenvalue weighted by molar-refractivity contribution is 6.34. The number of ketones is 1. The average Bonchev–Trinajstić information content (AvgIpc) is 1.78. The smallest absolute Gasteiger partial charge is 0.336 e.